The molecule has 0 spiro atoms. The van der Waals surface area contributed by atoms with Crippen molar-refractivity contribution >= 4 is 23.6 Å². The summed E-state index contributed by atoms with van der Waals surface area (Å²) in [6.07, 6.45) is 5.03. The molecule has 11 heteroatoms. The van der Waals surface area contributed by atoms with E-state index in [2.05, 4.69) is 6.58 Å². The first kappa shape index (κ1) is 27.7. The van der Waals surface area contributed by atoms with E-state index < -0.39 is 30.6 Å². The summed E-state index contributed by atoms with van der Waals surface area (Å²) in [4.78, 5) is 41.8. The van der Waals surface area contributed by atoms with Crippen molar-refractivity contribution in [1.82, 2.24) is 4.90 Å². The molecule has 3 heterocycles. The van der Waals surface area contributed by atoms with E-state index in [1.165, 1.54) is 18.1 Å². The standard InChI is InChI=1S/C27H37N3O8/c1-3-13-37-27(33)30-20-17-22(35-15-8-10-23(28)31)21(34-2)16-18(20)25(32)29-12-6-4-9-19(29)26(30)38-24-11-5-7-14-36-24/h3,16-17,19,24,26H,1,4-15H2,2H3,(H2,28,31)/t19-,24?,26-/m0/s1. The molecule has 2 fully saturated rings. The highest BCUT2D eigenvalue weighted by Gasteiger charge is 2.46. The Balaban J connectivity index is 1.78. The van der Waals surface area contributed by atoms with Crippen LogP contribution in [0.5, 0.6) is 11.5 Å². The number of ether oxygens (including phenoxy) is 5. The van der Waals surface area contributed by atoms with Gasteiger partial charge in [-0.3, -0.25) is 9.59 Å². The van der Waals surface area contributed by atoms with Crippen LogP contribution in [0.1, 0.15) is 61.7 Å². The third kappa shape index (κ3) is 6.21. The van der Waals surface area contributed by atoms with Gasteiger partial charge >= 0.3 is 6.09 Å². The first-order valence-electron chi connectivity index (χ1n) is 13.2. The lowest BCUT2D eigenvalue weighted by Gasteiger charge is -2.42. The van der Waals surface area contributed by atoms with Crippen LogP contribution in [-0.2, 0) is 19.0 Å². The summed E-state index contributed by atoms with van der Waals surface area (Å²) < 4.78 is 29.3. The fourth-order valence-electron chi connectivity index (χ4n) is 5.12. The van der Waals surface area contributed by atoms with E-state index in [0.29, 0.717) is 49.6 Å². The second-order valence-electron chi connectivity index (χ2n) is 9.56. The van der Waals surface area contributed by atoms with Crippen LogP contribution in [0.2, 0.25) is 0 Å². The second-order valence-corrected chi connectivity index (χ2v) is 9.56. The maximum absolute atomic E-state index is 13.9. The zero-order valence-corrected chi connectivity index (χ0v) is 21.9. The zero-order chi connectivity index (χ0) is 27.1. The number of amides is 3. The molecular formula is C27H37N3O8. The number of piperidine rings is 1. The van der Waals surface area contributed by atoms with Gasteiger partial charge in [-0.15, -0.1) is 0 Å². The van der Waals surface area contributed by atoms with Crippen LogP contribution in [-0.4, -0.2) is 74.8 Å². The molecule has 1 aromatic carbocycles. The average molecular weight is 532 g/mol. The fourth-order valence-corrected chi connectivity index (χ4v) is 5.12. The first-order valence-corrected chi connectivity index (χ1v) is 13.2. The van der Waals surface area contributed by atoms with Gasteiger partial charge in [-0.2, -0.15) is 0 Å². The van der Waals surface area contributed by atoms with Gasteiger partial charge in [0.15, 0.2) is 24.0 Å². The van der Waals surface area contributed by atoms with Gasteiger partial charge in [-0.25, -0.2) is 9.69 Å². The van der Waals surface area contributed by atoms with Gasteiger partial charge < -0.3 is 34.3 Å². The van der Waals surface area contributed by atoms with Crippen LogP contribution in [0, 0.1) is 0 Å². The van der Waals surface area contributed by atoms with Crippen molar-refractivity contribution in [1.29, 1.82) is 0 Å². The Morgan fingerprint density at radius 1 is 1.18 bits per heavy atom. The highest BCUT2D eigenvalue weighted by atomic mass is 16.7. The minimum atomic E-state index is -0.836. The van der Waals surface area contributed by atoms with Crippen molar-refractivity contribution < 1.29 is 38.1 Å². The molecule has 0 bridgehead atoms. The summed E-state index contributed by atoms with van der Waals surface area (Å²) in [6, 6.07) is 2.79. The molecule has 3 amide bonds. The van der Waals surface area contributed by atoms with Crippen LogP contribution in [0.15, 0.2) is 24.8 Å². The molecule has 4 rings (SSSR count). The minimum Gasteiger partial charge on any atom is -0.493 e. The molecule has 3 aliphatic rings. The Morgan fingerprint density at radius 2 is 2.00 bits per heavy atom. The van der Waals surface area contributed by atoms with Gasteiger partial charge in [0.1, 0.15) is 6.61 Å². The molecule has 0 aromatic heterocycles. The number of hydrogen-bond donors (Lipinski definition) is 1. The van der Waals surface area contributed by atoms with Crippen LogP contribution in [0.3, 0.4) is 0 Å². The van der Waals surface area contributed by atoms with Gasteiger partial charge in [0.05, 0.1) is 31.0 Å². The number of benzene rings is 1. The fraction of sp³-hybridized carbons (Fsp3) is 0.593. The molecule has 1 unspecified atom stereocenters. The summed E-state index contributed by atoms with van der Waals surface area (Å²) in [6.45, 7) is 4.94. The number of carbonyl (C=O) groups is 3. The maximum atomic E-state index is 13.9. The first-order chi connectivity index (χ1) is 18.4. The lowest BCUT2D eigenvalue weighted by molar-refractivity contribution is -0.198. The van der Waals surface area contributed by atoms with Crippen LogP contribution < -0.4 is 20.1 Å². The van der Waals surface area contributed by atoms with E-state index in [4.69, 9.17) is 29.4 Å². The van der Waals surface area contributed by atoms with E-state index in [0.717, 1.165) is 25.7 Å². The SMILES string of the molecule is C=CCOC(=O)N1c2cc(OCCCC(N)=O)c(OC)cc2C(=O)N2CCCC[C@H]2[C@@H]1OC1CCCCO1. The van der Waals surface area contributed by atoms with Crippen molar-refractivity contribution in [2.45, 2.75) is 69.9 Å². The van der Waals surface area contributed by atoms with Gasteiger partial charge in [-0.05, 0) is 51.0 Å². The number of rotatable bonds is 10. The van der Waals surface area contributed by atoms with Crippen molar-refractivity contribution in [2.75, 3.05) is 38.4 Å². The number of nitrogens with two attached hydrogens (primary N) is 1. The summed E-state index contributed by atoms with van der Waals surface area (Å²) >= 11 is 0. The van der Waals surface area contributed by atoms with Crippen LogP contribution in [0.4, 0.5) is 10.5 Å². The van der Waals surface area contributed by atoms with Crippen molar-refractivity contribution in [3.63, 3.8) is 0 Å². The van der Waals surface area contributed by atoms with Crippen molar-refractivity contribution in [3.8, 4) is 11.5 Å². The van der Waals surface area contributed by atoms with Crippen LogP contribution in [0.25, 0.3) is 0 Å². The normalized spacial score (nSPS) is 23.1. The smallest absolute Gasteiger partial charge is 0.416 e. The zero-order valence-electron chi connectivity index (χ0n) is 21.9. The predicted molar refractivity (Wildman–Crippen MR) is 138 cm³/mol. The van der Waals surface area contributed by atoms with E-state index in [-0.39, 0.29) is 31.1 Å². The van der Waals surface area contributed by atoms with E-state index in [1.807, 2.05) is 0 Å². The Hall–Kier alpha value is -3.31. The van der Waals surface area contributed by atoms with Gasteiger partial charge in [0.25, 0.3) is 5.91 Å². The largest absolute Gasteiger partial charge is 0.493 e. The number of methoxy groups -OCH3 is 1. The summed E-state index contributed by atoms with van der Waals surface area (Å²) in [5.41, 5.74) is 5.82. The summed E-state index contributed by atoms with van der Waals surface area (Å²) in [7, 11) is 1.48. The average Bonchev–Trinajstić information content (AvgIpc) is 3.02. The van der Waals surface area contributed by atoms with E-state index in [9.17, 15) is 14.4 Å². The van der Waals surface area contributed by atoms with Crippen molar-refractivity contribution in [2.24, 2.45) is 5.73 Å². The molecule has 11 nitrogen and oxygen atoms in total. The maximum Gasteiger partial charge on any atom is 0.416 e. The number of carbonyl (C=O) groups excluding carboxylic acids is 3. The number of fused-ring (bicyclic) bond motifs is 2. The second kappa shape index (κ2) is 13.0. The van der Waals surface area contributed by atoms with Gasteiger partial charge in [0.2, 0.25) is 5.91 Å². The topological polar surface area (TPSA) is 130 Å². The molecular weight excluding hydrogens is 494 g/mol. The third-order valence-electron chi connectivity index (χ3n) is 6.94. The molecule has 38 heavy (non-hydrogen) atoms. The van der Waals surface area contributed by atoms with E-state index in [1.54, 1.807) is 17.0 Å². The lowest BCUT2D eigenvalue weighted by atomic mass is 10.00. The Labute approximate surface area is 222 Å². The molecule has 3 aliphatic heterocycles. The molecule has 2 saturated heterocycles. The van der Waals surface area contributed by atoms with Gasteiger partial charge in [0, 0.05) is 25.6 Å². The molecule has 0 radical (unpaired) electrons. The monoisotopic (exact) mass is 531 g/mol. The number of anilines is 1. The summed E-state index contributed by atoms with van der Waals surface area (Å²) in [5.74, 6) is 0.00275. The Bertz CT molecular complexity index is 1030. The third-order valence-corrected chi connectivity index (χ3v) is 6.94. The highest BCUT2D eigenvalue weighted by molar-refractivity contribution is 6.06. The summed E-state index contributed by atoms with van der Waals surface area (Å²) in [5, 5.41) is 0. The minimum absolute atomic E-state index is 0.00767. The molecule has 2 N–H and O–H groups in total. The molecule has 208 valence electrons. The number of hydrogen-bond acceptors (Lipinski definition) is 8. The predicted octanol–water partition coefficient (Wildman–Crippen LogP) is 3.35. The Kier molecular flexibility index (Phi) is 9.46. The Morgan fingerprint density at radius 3 is 2.71 bits per heavy atom. The lowest BCUT2D eigenvalue weighted by Crippen LogP contribution is -2.57. The molecule has 3 atom stereocenters. The van der Waals surface area contributed by atoms with Crippen LogP contribution >= 0.6 is 0 Å². The number of primary amides is 1. The highest BCUT2D eigenvalue weighted by Crippen LogP contribution is 2.42. The molecule has 0 saturated carbocycles. The molecule has 0 aliphatic carbocycles. The van der Waals surface area contributed by atoms with Gasteiger partial charge in [-0.1, -0.05) is 12.7 Å². The quantitative estimate of drug-likeness (QED) is 0.359. The van der Waals surface area contributed by atoms with Crippen molar-refractivity contribution in [3.05, 3.63) is 30.4 Å². The number of nitrogens with zero attached hydrogens (tertiary/aromatic N) is 2. The van der Waals surface area contributed by atoms with E-state index >= 15 is 0 Å². The molecule has 1 aromatic rings.